The van der Waals surface area contributed by atoms with Crippen LogP contribution in [0.5, 0.6) is 5.75 Å². The highest BCUT2D eigenvalue weighted by molar-refractivity contribution is 8.18. The van der Waals surface area contributed by atoms with Crippen molar-refractivity contribution < 1.29 is 19.1 Å². The first-order valence-electron chi connectivity index (χ1n) is 9.15. The van der Waals surface area contributed by atoms with E-state index in [0.29, 0.717) is 17.9 Å². The van der Waals surface area contributed by atoms with Crippen molar-refractivity contribution in [2.45, 2.75) is 32.2 Å². The van der Waals surface area contributed by atoms with Gasteiger partial charge in [-0.25, -0.2) is 0 Å². The molecule has 0 unspecified atom stereocenters. The molecule has 2 aliphatic rings. The highest BCUT2D eigenvalue weighted by atomic mass is 32.2. The number of thioether (sulfide) groups is 1. The Balaban J connectivity index is 1.74. The second kappa shape index (κ2) is 8.93. The first-order valence-corrected chi connectivity index (χ1v) is 9.96. The van der Waals surface area contributed by atoms with E-state index in [9.17, 15) is 14.4 Å². The van der Waals surface area contributed by atoms with Crippen LogP contribution in [0.1, 0.15) is 31.7 Å². The monoisotopic (exact) mass is 399 g/mol. The Morgan fingerprint density at radius 1 is 1.36 bits per heavy atom. The molecule has 0 aliphatic carbocycles. The van der Waals surface area contributed by atoms with Gasteiger partial charge in [0, 0.05) is 18.2 Å². The lowest BCUT2D eigenvalue weighted by atomic mass is 10.0. The fraction of sp³-hybridized carbons (Fsp3) is 0.400. The van der Waals surface area contributed by atoms with Crippen LogP contribution in [0.3, 0.4) is 0 Å². The third kappa shape index (κ3) is 4.37. The summed E-state index contributed by atoms with van der Waals surface area (Å²) >= 11 is 0.806. The molecule has 2 heterocycles. The van der Waals surface area contributed by atoms with Crippen LogP contribution >= 0.6 is 11.8 Å². The zero-order chi connectivity index (χ0) is 20.1. The highest BCUT2D eigenvalue weighted by Gasteiger charge is 2.38. The lowest BCUT2D eigenvalue weighted by Gasteiger charge is -2.34. The van der Waals surface area contributed by atoms with Gasteiger partial charge >= 0.3 is 0 Å². The number of benzene rings is 1. The molecular weight excluding hydrogens is 378 g/mol. The van der Waals surface area contributed by atoms with E-state index in [1.165, 1.54) is 0 Å². The van der Waals surface area contributed by atoms with Crippen molar-refractivity contribution in [3.63, 3.8) is 0 Å². The van der Waals surface area contributed by atoms with Crippen LogP contribution in [0.2, 0.25) is 0 Å². The minimum absolute atomic E-state index is 0.116. The predicted octanol–water partition coefficient (Wildman–Crippen LogP) is 3.03. The Morgan fingerprint density at radius 2 is 2.14 bits per heavy atom. The van der Waals surface area contributed by atoms with Gasteiger partial charge in [-0.05, 0) is 50.1 Å². The van der Waals surface area contributed by atoms with Crippen LogP contribution in [0.15, 0.2) is 29.2 Å². The predicted molar refractivity (Wildman–Crippen MR) is 105 cm³/mol. The Labute approximate surface area is 167 Å². The Hall–Kier alpha value is -2.79. The van der Waals surface area contributed by atoms with Gasteiger partial charge in [-0.3, -0.25) is 19.3 Å². The lowest BCUT2D eigenvalue weighted by Crippen LogP contribution is -2.47. The van der Waals surface area contributed by atoms with Gasteiger partial charge in [0.15, 0.2) is 6.61 Å². The van der Waals surface area contributed by atoms with Crippen molar-refractivity contribution in [3.8, 4) is 11.8 Å². The molecule has 146 valence electrons. The molecule has 0 radical (unpaired) electrons. The van der Waals surface area contributed by atoms with Crippen LogP contribution in [-0.2, 0) is 9.59 Å². The van der Waals surface area contributed by atoms with Crippen molar-refractivity contribution in [2.24, 2.45) is 0 Å². The number of nitriles is 1. The van der Waals surface area contributed by atoms with Gasteiger partial charge in [0.25, 0.3) is 11.1 Å². The van der Waals surface area contributed by atoms with E-state index in [0.717, 1.165) is 35.9 Å². The Kier molecular flexibility index (Phi) is 6.37. The molecule has 2 fully saturated rings. The Morgan fingerprint density at radius 3 is 2.89 bits per heavy atom. The molecule has 0 bridgehead atoms. The topological polar surface area (TPSA) is 90.7 Å². The number of hydrogen-bond acceptors (Lipinski definition) is 6. The summed E-state index contributed by atoms with van der Waals surface area (Å²) in [4.78, 5) is 40.6. The molecular formula is C20H21N3O4S. The average Bonchev–Trinajstić information content (AvgIpc) is 2.95. The summed E-state index contributed by atoms with van der Waals surface area (Å²) in [6.07, 6.45) is 4.53. The van der Waals surface area contributed by atoms with E-state index in [-0.39, 0.29) is 30.0 Å². The molecule has 3 amide bonds. The van der Waals surface area contributed by atoms with Gasteiger partial charge < -0.3 is 9.64 Å². The number of piperidine rings is 1. The third-order valence-corrected chi connectivity index (χ3v) is 5.70. The summed E-state index contributed by atoms with van der Waals surface area (Å²) < 4.78 is 5.36. The standard InChI is InChI=1S/C20H21N3O4S/c1-14-6-4-5-10-22(14)18(24)13-23-19(25)17(28-20(23)26)12-15-7-2-3-8-16(15)27-11-9-21/h2-3,7-8,12,14H,4-6,10-11,13H2,1H3/b17-12-/t14-/m1/s1. The summed E-state index contributed by atoms with van der Waals surface area (Å²) in [5.41, 5.74) is 0.597. The van der Waals surface area contributed by atoms with Crippen LogP contribution in [-0.4, -0.2) is 52.6 Å². The molecule has 2 aliphatic heterocycles. The van der Waals surface area contributed by atoms with E-state index in [1.807, 2.05) is 13.0 Å². The van der Waals surface area contributed by atoms with Gasteiger partial charge in [0.1, 0.15) is 18.4 Å². The molecule has 2 saturated heterocycles. The van der Waals surface area contributed by atoms with Gasteiger partial charge in [0.05, 0.1) is 4.91 Å². The van der Waals surface area contributed by atoms with Crippen molar-refractivity contribution in [3.05, 3.63) is 34.7 Å². The van der Waals surface area contributed by atoms with E-state index >= 15 is 0 Å². The summed E-state index contributed by atoms with van der Waals surface area (Å²) in [5, 5.41) is 8.23. The highest BCUT2D eigenvalue weighted by Crippen LogP contribution is 2.34. The number of likely N-dealkylation sites (tertiary alicyclic amines) is 1. The van der Waals surface area contributed by atoms with E-state index in [2.05, 4.69) is 0 Å². The molecule has 0 saturated carbocycles. The lowest BCUT2D eigenvalue weighted by molar-refractivity contribution is -0.138. The summed E-state index contributed by atoms with van der Waals surface area (Å²) in [6.45, 7) is 2.30. The van der Waals surface area contributed by atoms with E-state index in [1.54, 1.807) is 35.2 Å². The van der Waals surface area contributed by atoms with Crippen molar-refractivity contribution >= 4 is 34.9 Å². The maximum absolute atomic E-state index is 12.7. The van der Waals surface area contributed by atoms with Crippen molar-refractivity contribution in [2.75, 3.05) is 19.7 Å². The summed E-state index contributed by atoms with van der Waals surface area (Å²) in [6, 6.07) is 8.98. The first kappa shape index (κ1) is 20.0. The molecule has 1 aromatic rings. The molecule has 0 aromatic heterocycles. The van der Waals surface area contributed by atoms with E-state index in [4.69, 9.17) is 10.00 Å². The number of imide groups is 1. The number of hydrogen-bond donors (Lipinski definition) is 0. The van der Waals surface area contributed by atoms with Crippen molar-refractivity contribution in [1.29, 1.82) is 5.26 Å². The normalized spacial score (nSPS) is 21.1. The first-order chi connectivity index (χ1) is 13.5. The second-order valence-corrected chi connectivity index (χ2v) is 7.68. The molecule has 1 aromatic carbocycles. The van der Waals surface area contributed by atoms with Crippen LogP contribution in [0.25, 0.3) is 6.08 Å². The van der Waals surface area contributed by atoms with Gasteiger partial charge in [-0.1, -0.05) is 18.2 Å². The molecule has 28 heavy (non-hydrogen) atoms. The summed E-state index contributed by atoms with van der Waals surface area (Å²) in [5.74, 6) is -0.231. The fourth-order valence-electron chi connectivity index (χ4n) is 3.31. The molecule has 7 nitrogen and oxygen atoms in total. The fourth-order valence-corrected chi connectivity index (χ4v) is 4.14. The zero-order valence-electron chi connectivity index (χ0n) is 15.6. The molecule has 8 heteroatoms. The SMILES string of the molecule is C[C@@H]1CCCCN1C(=O)CN1C(=O)S/C(=C\c2ccccc2OCC#N)C1=O. The Bertz CT molecular complexity index is 861. The average molecular weight is 399 g/mol. The smallest absolute Gasteiger partial charge is 0.294 e. The number of carbonyl (C=O) groups is 3. The maximum atomic E-state index is 12.7. The number of carbonyl (C=O) groups excluding carboxylic acids is 3. The van der Waals surface area contributed by atoms with Gasteiger partial charge in [-0.15, -0.1) is 0 Å². The number of para-hydroxylation sites is 1. The van der Waals surface area contributed by atoms with E-state index < -0.39 is 11.1 Å². The van der Waals surface area contributed by atoms with Crippen molar-refractivity contribution in [1.82, 2.24) is 9.80 Å². The van der Waals surface area contributed by atoms with Crippen LogP contribution < -0.4 is 4.74 Å². The molecule has 0 spiro atoms. The number of nitrogens with zero attached hydrogens (tertiary/aromatic N) is 3. The third-order valence-electron chi connectivity index (χ3n) is 4.79. The number of ether oxygens (including phenoxy) is 1. The largest absolute Gasteiger partial charge is 0.478 e. The minimum atomic E-state index is -0.483. The zero-order valence-corrected chi connectivity index (χ0v) is 16.4. The second-order valence-electron chi connectivity index (χ2n) is 6.68. The van der Waals surface area contributed by atoms with Crippen LogP contribution in [0.4, 0.5) is 4.79 Å². The molecule has 1 atom stereocenters. The molecule has 0 N–H and O–H groups in total. The maximum Gasteiger partial charge on any atom is 0.294 e. The number of rotatable bonds is 5. The quantitative estimate of drug-likeness (QED) is 0.707. The molecule has 3 rings (SSSR count). The summed E-state index contributed by atoms with van der Waals surface area (Å²) in [7, 11) is 0. The number of amides is 3. The van der Waals surface area contributed by atoms with Gasteiger partial charge in [-0.2, -0.15) is 5.26 Å². The van der Waals surface area contributed by atoms with Crippen LogP contribution in [0, 0.1) is 11.3 Å². The van der Waals surface area contributed by atoms with Gasteiger partial charge in [0.2, 0.25) is 5.91 Å². The minimum Gasteiger partial charge on any atom is -0.478 e.